The molecule has 4 saturated carbocycles. The molecule has 298 valence electrons. The minimum absolute atomic E-state index is 0.0232. The molecule has 5 fully saturated rings. The van der Waals surface area contributed by atoms with Gasteiger partial charge in [-0.25, -0.2) is 12.8 Å². The molecule has 6 aliphatic carbocycles. The lowest BCUT2D eigenvalue weighted by Gasteiger charge is -2.72. The van der Waals surface area contributed by atoms with Gasteiger partial charge in [0, 0.05) is 38.1 Å². The van der Waals surface area contributed by atoms with Crippen LogP contribution in [-0.2, 0) is 19.4 Å². The Morgan fingerprint density at radius 1 is 0.943 bits per heavy atom. The Balaban J connectivity index is 1.12. The molecular formula is C45H71FN2O4S. The number of sulfone groups is 1. The fourth-order valence-electron chi connectivity index (χ4n) is 15.1. The molecule has 0 aromatic carbocycles. The van der Waals surface area contributed by atoms with E-state index < -0.39 is 22.1 Å². The molecule has 1 heterocycles. The van der Waals surface area contributed by atoms with Gasteiger partial charge in [0.2, 0.25) is 0 Å². The maximum Gasteiger partial charge on any atom is 0.293 e. The molecule has 6 nitrogen and oxygen atoms in total. The molecule has 1 saturated heterocycles. The molecule has 0 bridgehead atoms. The van der Waals surface area contributed by atoms with E-state index in [0.717, 1.165) is 25.9 Å². The Kier molecular flexibility index (Phi) is 10.2. The third-order valence-corrected chi connectivity index (χ3v) is 20.7. The first kappa shape index (κ1) is 39.7. The summed E-state index contributed by atoms with van der Waals surface area (Å²) < 4.78 is 44.7. The SMILES string of the molecule is C=C(C)[C@@H]1CC[C@]2(NCCN3CC(C)S(=O)(=O)C(C)C3)CC[C@]3(C)[C@H](CC[C@@H]4[C@@]5(C)CC=C(C6=CC[C@@](CF)(OC=O)CC6)C(C)(C)[C@@H]5CC[C@]43C)[C@@H]12. The van der Waals surface area contributed by atoms with E-state index in [-0.39, 0.29) is 37.7 Å². The fourth-order valence-corrected chi connectivity index (χ4v) is 16.8. The van der Waals surface area contributed by atoms with E-state index in [4.69, 9.17) is 4.74 Å². The second kappa shape index (κ2) is 13.6. The summed E-state index contributed by atoms with van der Waals surface area (Å²) in [5.41, 5.74) is 4.07. The van der Waals surface area contributed by atoms with Crippen LogP contribution in [0.5, 0.6) is 0 Å². The number of halogens is 1. The van der Waals surface area contributed by atoms with Crippen molar-refractivity contribution in [1.29, 1.82) is 0 Å². The van der Waals surface area contributed by atoms with Gasteiger partial charge < -0.3 is 10.1 Å². The van der Waals surface area contributed by atoms with Gasteiger partial charge in [0.05, 0.1) is 10.5 Å². The highest BCUT2D eigenvalue weighted by Crippen LogP contribution is 2.76. The first-order valence-corrected chi connectivity index (χ1v) is 22.9. The quantitative estimate of drug-likeness (QED) is 0.187. The van der Waals surface area contributed by atoms with E-state index in [9.17, 15) is 17.6 Å². The number of alkyl halides is 1. The van der Waals surface area contributed by atoms with E-state index in [1.165, 1.54) is 68.1 Å². The Bertz CT molecular complexity index is 1620. The summed E-state index contributed by atoms with van der Waals surface area (Å²) >= 11 is 0. The van der Waals surface area contributed by atoms with Crippen LogP contribution in [0.15, 0.2) is 35.5 Å². The average Bonchev–Trinajstić information content (AvgIpc) is 3.48. The largest absolute Gasteiger partial charge is 0.458 e. The number of rotatable bonds is 9. The first-order valence-electron chi connectivity index (χ1n) is 21.3. The van der Waals surface area contributed by atoms with E-state index in [2.05, 4.69) is 70.5 Å². The normalized spacial score (nSPS) is 47.5. The summed E-state index contributed by atoms with van der Waals surface area (Å²) in [4.78, 5) is 13.6. The van der Waals surface area contributed by atoms with Crippen molar-refractivity contribution in [2.24, 2.45) is 51.2 Å². The van der Waals surface area contributed by atoms with Crippen LogP contribution >= 0.6 is 0 Å². The minimum atomic E-state index is -3.02. The molecule has 12 atom stereocenters. The monoisotopic (exact) mass is 755 g/mol. The molecule has 7 aliphatic rings. The van der Waals surface area contributed by atoms with E-state index in [1.54, 1.807) is 0 Å². The van der Waals surface area contributed by atoms with Crippen LogP contribution in [0.3, 0.4) is 0 Å². The molecular weight excluding hydrogens is 684 g/mol. The number of allylic oxidation sites excluding steroid dienone is 4. The van der Waals surface area contributed by atoms with Crippen molar-refractivity contribution in [3.8, 4) is 0 Å². The van der Waals surface area contributed by atoms with Gasteiger partial charge in [-0.3, -0.25) is 9.69 Å². The first-order chi connectivity index (χ1) is 24.8. The van der Waals surface area contributed by atoms with Gasteiger partial charge in [-0.15, -0.1) is 0 Å². The van der Waals surface area contributed by atoms with Crippen LogP contribution in [0.2, 0.25) is 0 Å². The highest BCUT2D eigenvalue weighted by atomic mass is 32.2. The summed E-state index contributed by atoms with van der Waals surface area (Å²) in [6, 6.07) is 0. The lowest BCUT2D eigenvalue weighted by Crippen LogP contribution is -2.68. The van der Waals surface area contributed by atoms with Crippen molar-refractivity contribution < 1.29 is 22.3 Å². The number of carbonyl (C=O) groups excluding carboxylic acids is 1. The van der Waals surface area contributed by atoms with Crippen molar-refractivity contribution in [2.75, 3.05) is 32.9 Å². The molecule has 7 rings (SSSR count). The van der Waals surface area contributed by atoms with Crippen LogP contribution in [0.4, 0.5) is 4.39 Å². The number of fused-ring (bicyclic) bond motifs is 7. The molecule has 0 amide bonds. The lowest BCUT2D eigenvalue weighted by molar-refractivity contribution is -0.221. The van der Waals surface area contributed by atoms with Gasteiger partial charge in [-0.05, 0) is 154 Å². The predicted molar refractivity (Wildman–Crippen MR) is 213 cm³/mol. The minimum Gasteiger partial charge on any atom is -0.458 e. The number of nitrogens with one attached hydrogen (secondary N) is 1. The molecule has 1 aliphatic heterocycles. The van der Waals surface area contributed by atoms with Gasteiger partial charge in [0.15, 0.2) is 9.84 Å². The summed E-state index contributed by atoms with van der Waals surface area (Å²) in [7, 11) is -3.02. The average molecular weight is 755 g/mol. The standard InChI is InChI=1S/C45H71FN2O4S/c1-30(2)34-14-21-45(47-24-25-48-26-31(3)53(50,51)32(4)27-48)23-22-42(8)36(39(34)45)10-11-38-41(7)17-15-35(40(5,6)37(41)16-18-43(38,42)9)33-12-19-44(28-46,20-13-33)52-29-49/h12,15,29,31-32,34,36-39,47H,1,10-11,13-14,16-28H2,2-9H3/t31?,32?,34-,36+,37-,38+,39+,41-,42+,43+,44+,45-/m0/s1. The third kappa shape index (κ3) is 5.93. The van der Waals surface area contributed by atoms with Gasteiger partial charge in [0.25, 0.3) is 6.47 Å². The van der Waals surface area contributed by atoms with Crippen LogP contribution in [0, 0.1) is 51.2 Å². The fraction of sp³-hybridized carbons (Fsp3) is 0.844. The van der Waals surface area contributed by atoms with Crippen LogP contribution in [0.1, 0.15) is 132 Å². The number of ether oxygens (including phenoxy) is 1. The topological polar surface area (TPSA) is 75.7 Å². The number of nitrogens with zero attached hydrogens (tertiary/aromatic N) is 1. The predicted octanol–water partition coefficient (Wildman–Crippen LogP) is 9.02. The second-order valence-electron chi connectivity index (χ2n) is 20.7. The Morgan fingerprint density at radius 2 is 1.66 bits per heavy atom. The summed E-state index contributed by atoms with van der Waals surface area (Å²) in [5, 5.41) is 3.64. The highest BCUT2D eigenvalue weighted by Gasteiger charge is 2.70. The third-order valence-electron chi connectivity index (χ3n) is 18.2. The van der Waals surface area contributed by atoms with Gasteiger partial charge >= 0.3 is 0 Å². The molecule has 0 radical (unpaired) electrons. The highest BCUT2D eigenvalue weighted by molar-refractivity contribution is 7.92. The second-order valence-corrected chi connectivity index (χ2v) is 23.5. The number of hydrogen-bond donors (Lipinski definition) is 1. The Morgan fingerprint density at radius 3 is 2.28 bits per heavy atom. The maximum absolute atomic E-state index is 14.0. The summed E-state index contributed by atoms with van der Waals surface area (Å²) in [6.45, 7) is 26.6. The summed E-state index contributed by atoms with van der Waals surface area (Å²) in [5.74, 6) is 3.05. The van der Waals surface area contributed by atoms with Crippen molar-refractivity contribution in [3.05, 3.63) is 35.5 Å². The van der Waals surface area contributed by atoms with Crippen molar-refractivity contribution >= 4 is 16.3 Å². The smallest absolute Gasteiger partial charge is 0.293 e. The maximum atomic E-state index is 14.0. The van der Waals surface area contributed by atoms with Crippen LogP contribution < -0.4 is 5.32 Å². The molecule has 0 aromatic rings. The summed E-state index contributed by atoms with van der Waals surface area (Å²) in [6.07, 6.45) is 17.7. The van der Waals surface area contributed by atoms with Crippen LogP contribution in [-0.4, -0.2) is 74.3 Å². The van der Waals surface area contributed by atoms with Gasteiger partial charge in [-0.2, -0.15) is 0 Å². The van der Waals surface area contributed by atoms with Crippen LogP contribution in [0.25, 0.3) is 0 Å². The van der Waals surface area contributed by atoms with E-state index in [1.807, 2.05) is 13.8 Å². The Labute approximate surface area is 321 Å². The van der Waals surface area contributed by atoms with E-state index in [0.29, 0.717) is 62.0 Å². The van der Waals surface area contributed by atoms with E-state index >= 15 is 0 Å². The molecule has 0 aromatic heterocycles. The molecule has 8 heteroatoms. The molecule has 1 N–H and O–H groups in total. The zero-order chi connectivity index (χ0) is 38.4. The van der Waals surface area contributed by atoms with Crippen molar-refractivity contribution in [2.45, 2.75) is 154 Å². The van der Waals surface area contributed by atoms with Gasteiger partial charge in [0.1, 0.15) is 12.3 Å². The Hall–Kier alpha value is -1.51. The molecule has 0 spiro atoms. The molecule has 53 heavy (non-hydrogen) atoms. The van der Waals surface area contributed by atoms with Crippen molar-refractivity contribution in [3.63, 3.8) is 0 Å². The van der Waals surface area contributed by atoms with Crippen molar-refractivity contribution in [1.82, 2.24) is 10.2 Å². The zero-order valence-corrected chi connectivity index (χ0v) is 35.2. The molecule has 2 unspecified atom stereocenters. The lowest BCUT2D eigenvalue weighted by atomic mass is 9.33. The number of carbonyl (C=O) groups is 1. The zero-order valence-electron chi connectivity index (χ0n) is 34.4. The van der Waals surface area contributed by atoms with Gasteiger partial charge in [-0.1, -0.05) is 58.9 Å². The number of hydrogen-bond acceptors (Lipinski definition) is 6.